The minimum atomic E-state index is 0.128. The number of hydrogen-bond acceptors (Lipinski definition) is 4. The van der Waals surface area contributed by atoms with Crippen LogP contribution in [0.15, 0.2) is 18.2 Å². The van der Waals surface area contributed by atoms with Crippen molar-refractivity contribution in [2.75, 3.05) is 33.0 Å². The summed E-state index contributed by atoms with van der Waals surface area (Å²) in [6.07, 6.45) is 9.28. The molecule has 3 aliphatic rings. The monoisotopic (exact) mass is 340 g/mol. The summed E-state index contributed by atoms with van der Waals surface area (Å²) >= 11 is 0. The number of carbonyl (C=O) groups is 1. The molecule has 1 aromatic rings. The quantitative estimate of drug-likeness (QED) is 0.793. The predicted octanol–water partition coefficient (Wildman–Crippen LogP) is 2.42. The predicted molar refractivity (Wildman–Crippen MR) is 94.3 cm³/mol. The van der Waals surface area contributed by atoms with E-state index in [-0.39, 0.29) is 18.8 Å². The van der Waals surface area contributed by atoms with Crippen LogP contribution in [0.5, 0.6) is 11.5 Å². The second-order valence-corrected chi connectivity index (χ2v) is 7.06. The number of nitrogens with zero attached hydrogens (tertiary/aromatic N) is 2. The van der Waals surface area contributed by atoms with E-state index in [4.69, 9.17) is 15.9 Å². The lowest BCUT2D eigenvalue weighted by Gasteiger charge is -2.34. The second-order valence-electron chi connectivity index (χ2n) is 7.06. The number of carbonyl (C=O) groups excluding carboxylic acids is 1. The summed E-state index contributed by atoms with van der Waals surface area (Å²) in [7, 11) is 0. The minimum Gasteiger partial charge on any atom is -0.454 e. The highest BCUT2D eigenvalue weighted by Gasteiger charge is 2.35. The lowest BCUT2D eigenvalue weighted by atomic mass is 9.94. The van der Waals surface area contributed by atoms with Gasteiger partial charge in [-0.25, -0.2) is 0 Å². The number of benzene rings is 1. The lowest BCUT2D eigenvalue weighted by molar-refractivity contribution is -0.138. The fourth-order valence-electron chi connectivity index (χ4n) is 4.20. The molecule has 5 heteroatoms. The third-order valence-corrected chi connectivity index (χ3v) is 5.57. The van der Waals surface area contributed by atoms with E-state index in [2.05, 4.69) is 21.8 Å². The van der Waals surface area contributed by atoms with Crippen molar-refractivity contribution in [2.24, 2.45) is 5.92 Å². The number of piperidine rings is 1. The third-order valence-electron chi connectivity index (χ3n) is 5.57. The smallest absolute Gasteiger partial charge is 0.231 e. The van der Waals surface area contributed by atoms with Crippen molar-refractivity contribution in [1.82, 2.24) is 9.80 Å². The van der Waals surface area contributed by atoms with Gasteiger partial charge in [0.25, 0.3) is 0 Å². The molecule has 0 N–H and O–H groups in total. The molecular formula is C20H24N2O3. The zero-order valence-corrected chi connectivity index (χ0v) is 14.4. The van der Waals surface area contributed by atoms with Gasteiger partial charge in [-0.2, -0.15) is 0 Å². The molecule has 1 aromatic carbocycles. The van der Waals surface area contributed by atoms with E-state index in [0.29, 0.717) is 12.5 Å². The maximum atomic E-state index is 13.1. The number of rotatable bonds is 3. The van der Waals surface area contributed by atoms with Crippen molar-refractivity contribution in [1.29, 1.82) is 0 Å². The molecule has 25 heavy (non-hydrogen) atoms. The van der Waals surface area contributed by atoms with Gasteiger partial charge < -0.3 is 14.4 Å². The Morgan fingerprint density at radius 2 is 1.96 bits per heavy atom. The van der Waals surface area contributed by atoms with Crippen LogP contribution in [0.3, 0.4) is 0 Å². The Morgan fingerprint density at radius 3 is 2.76 bits per heavy atom. The van der Waals surface area contributed by atoms with Gasteiger partial charge in [0.05, 0.1) is 12.6 Å². The van der Waals surface area contributed by atoms with Crippen molar-refractivity contribution < 1.29 is 14.3 Å². The Balaban J connectivity index is 1.45. The average Bonchev–Trinajstić information content (AvgIpc) is 3.30. The highest BCUT2D eigenvalue weighted by molar-refractivity contribution is 5.79. The van der Waals surface area contributed by atoms with E-state index in [9.17, 15) is 4.79 Å². The first-order valence-corrected chi connectivity index (χ1v) is 9.12. The number of ether oxygens (including phenoxy) is 2. The van der Waals surface area contributed by atoms with E-state index in [1.807, 2.05) is 12.1 Å². The maximum Gasteiger partial charge on any atom is 0.231 e. The fraction of sp³-hybridized carbons (Fsp3) is 0.550. The summed E-state index contributed by atoms with van der Waals surface area (Å²) in [6.45, 7) is 3.65. The van der Waals surface area contributed by atoms with E-state index < -0.39 is 0 Å². The number of likely N-dealkylation sites (tertiary alicyclic amines) is 2. The van der Waals surface area contributed by atoms with Gasteiger partial charge >= 0.3 is 0 Å². The molecule has 1 atom stereocenters. The minimum absolute atomic E-state index is 0.128. The molecule has 1 amide bonds. The van der Waals surface area contributed by atoms with E-state index in [1.165, 1.54) is 0 Å². The fourth-order valence-corrected chi connectivity index (χ4v) is 4.20. The standard InChI is InChI=1S/C20H24N2O3/c1-2-9-21-11-7-15(8-12-21)20(23)22-10-3-4-17(22)16-5-6-18-19(13-16)25-14-24-18/h1,5-6,13,15,17H,3-4,7-12,14H2/t17-/m1/s1. The summed E-state index contributed by atoms with van der Waals surface area (Å²) < 4.78 is 10.9. The molecule has 0 aromatic heterocycles. The largest absolute Gasteiger partial charge is 0.454 e. The zero-order valence-electron chi connectivity index (χ0n) is 14.4. The Morgan fingerprint density at radius 1 is 1.16 bits per heavy atom. The molecule has 0 bridgehead atoms. The van der Waals surface area contributed by atoms with Gasteiger partial charge in [-0.15, -0.1) is 6.42 Å². The Bertz CT molecular complexity index is 689. The van der Waals surface area contributed by atoms with E-state index in [0.717, 1.165) is 62.4 Å². The van der Waals surface area contributed by atoms with E-state index in [1.54, 1.807) is 0 Å². The van der Waals surface area contributed by atoms with Crippen molar-refractivity contribution in [3.8, 4) is 23.8 Å². The molecule has 0 aliphatic carbocycles. The number of amides is 1. The van der Waals surface area contributed by atoms with Crippen molar-refractivity contribution >= 4 is 5.91 Å². The van der Waals surface area contributed by atoms with Crippen LogP contribution in [0, 0.1) is 18.3 Å². The van der Waals surface area contributed by atoms with Gasteiger partial charge in [0.15, 0.2) is 11.5 Å². The summed E-state index contributed by atoms with van der Waals surface area (Å²) in [5.74, 6) is 4.71. The van der Waals surface area contributed by atoms with Crippen LogP contribution in [0.4, 0.5) is 0 Å². The van der Waals surface area contributed by atoms with Gasteiger partial charge in [-0.3, -0.25) is 9.69 Å². The molecule has 132 valence electrons. The molecule has 0 radical (unpaired) electrons. The highest BCUT2D eigenvalue weighted by Crippen LogP contribution is 2.39. The van der Waals surface area contributed by atoms with Crippen molar-refractivity contribution in [2.45, 2.75) is 31.7 Å². The molecule has 0 unspecified atom stereocenters. The summed E-state index contributed by atoms with van der Waals surface area (Å²) in [5, 5.41) is 0. The van der Waals surface area contributed by atoms with Gasteiger partial charge in [0.1, 0.15) is 0 Å². The van der Waals surface area contributed by atoms with Crippen LogP contribution < -0.4 is 9.47 Å². The van der Waals surface area contributed by atoms with Crippen LogP contribution in [0.2, 0.25) is 0 Å². The first-order chi connectivity index (χ1) is 12.3. The maximum absolute atomic E-state index is 13.1. The zero-order chi connectivity index (χ0) is 17.2. The van der Waals surface area contributed by atoms with Crippen molar-refractivity contribution in [3.05, 3.63) is 23.8 Å². The highest BCUT2D eigenvalue weighted by atomic mass is 16.7. The molecule has 0 saturated carbocycles. The van der Waals surface area contributed by atoms with Crippen LogP contribution in [-0.4, -0.2) is 48.7 Å². The molecule has 3 heterocycles. The summed E-state index contributed by atoms with van der Waals surface area (Å²) in [6, 6.07) is 6.22. The third kappa shape index (κ3) is 3.19. The number of hydrogen-bond donors (Lipinski definition) is 0. The average molecular weight is 340 g/mol. The molecule has 2 fully saturated rings. The van der Waals surface area contributed by atoms with Crippen molar-refractivity contribution in [3.63, 3.8) is 0 Å². The number of terminal acetylenes is 1. The Labute approximate surface area is 148 Å². The topological polar surface area (TPSA) is 42.0 Å². The van der Waals surface area contributed by atoms with Gasteiger partial charge in [0, 0.05) is 12.5 Å². The van der Waals surface area contributed by atoms with E-state index >= 15 is 0 Å². The first-order valence-electron chi connectivity index (χ1n) is 9.12. The normalized spacial score (nSPS) is 23.6. The van der Waals surface area contributed by atoms with Crippen LogP contribution in [0.1, 0.15) is 37.3 Å². The van der Waals surface area contributed by atoms with Gasteiger partial charge in [-0.05, 0) is 56.5 Å². The second kappa shape index (κ2) is 6.97. The van der Waals surface area contributed by atoms with Gasteiger partial charge in [0.2, 0.25) is 12.7 Å². The lowest BCUT2D eigenvalue weighted by Crippen LogP contribution is -2.42. The van der Waals surface area contributed by atoms with Crippen LogP contribution in [0.25, 0.3) is 0 Å². The molecule has 0 spiro atoms. The first kappa shape index (κ1) is 16.3. The molecule has 2 saturated heterocycles. The number of fused-ring (bicyclic) bond motifs is 1. The van der Waals surface area contributed by atoms with Crippen LogP contribution >= 0.6 is 0 Å². The molecule has 4 rings (SSSR count). The SMILES string of the molecule is C#CCN1CCC(C(=O)N2CCC[C@@H]2c2ccc3c(c2)OCO3)CC1. The summed E-state index contributed by atoms with van der Waals surface area (Å²) in [5.41, 5.74) is 1.15. The van der Waals surface area contributed by atoms with Gasteiger partial charge in [-0.1, -0.05) is 12.0 Å². The Hall–Kier alpha value is -2.19. The van der Waals surface area contributed by atoms with Crippen LogP contribution in [-0.2, 0) is 4.79 Å². The molecular weight excluding hydrogens is 316 g/mol. The Kier molecular flexibility index (Phi) is 4.54. The molecule has 5 nitrogen and oxygen atoms in total. The molecule has 3 aliphatic heterocycles. The summed E-state index contributed by atoms with van der Waals surface area (Å²) in [4.78, 5) is 17.4.